The van der Waals surface area contributed by atoms with E-state index in [9.17, 15) is 4.79 Å². The lowest BCUT2D eigenvalue weighted by molar-refractivity contribution is -0.133. The summed E-state index contributed by atoms with van der Waals surface area (Å²) in [6.07, 6.45) is 0. The SMILES string of the molecule is O=C(O)CSc1nc2nc(-c3ccc(-c4ccc(CN5CC(CNCCOCCO)C5)cc4)cc3)c(Cl)cc2[nH]1. The summed E-state index contributed by atoms with van der Waals surface area (Å²) < 4.78 is 5.27. The van der Waals surface area contributed by atoms with Crippen molar-refractivity contribution in [2.75, 3.05) is 51.8 Å². The topological polar surface area (TPSA) is 124 Å². The number of carboxylic acid groups (broad SMARTS) is 1. The Morgan fingerprint density at radius 3 is 2.48 bits per heavy atom. The number of aliphatic hydroxyl groups is 1. The summed E-state index contributed by atoms with van der Waals surface area (Å²) in [5.74, 6) is -0.312. The van der Waals surface area contributed by atoms with Crippen LogP contribution in [0.25, 0.3) is 33.5 Å². The first-order valence-corrected chi connectivity index (χ1v) is 14.6. The van der Waals surface area contributed by atoms with Crippen LogP contribution < -0.4 is 5.32 Å². The molecule has 2 aromatic heterocycles. The predicted octanol–water partition coefficient (Wildman–Crippen LogP) is 4.15. The molecule has 0 amide bonds. The Balaban J connectivity index is 1.14. The number of fused-ring (bicyclic) bond motifs is 1. The maximum atomic E-state index is 10.8. The first kappa shape index (κ1) is 28.5. The van der Waals surface area contributed by atoms with Crippen LogP contribution in [-0.4, -0.2) is 87.8 Å². The quantitative estimate of drug-likeness (QED) is 0.128. The van der Waals surface area contributed by atoms with E-state index >= 15 is 0 Å². The number of thioether (sulfide) groups is 1. The third kappa shape index (κ3) is 7.39. The number of aliphatic carboxylic acids is 1. The third-order valence-corrected chi connectivity index (χ3v) is 7.86. The highest BCUT2D eigenvalue weighted by atomic mass is 35.5. The molecular formula is C29H32ClN5O4S. The lowest BCUT2D eigenvalue weighted by Crippen LogP contribution is -2.50. The monoisotopic (exact) mass is 581 g/mol. The molecule has 0 unspecified atom stereocenters. The number of imidazole rings is 1. The minimum absolute atomic E-state index is 0.0724. The average molecular weight is 582 g/mol. The molecule has 1 saturated heterocycles. The minimum atomic E-state index is -0.904. The highest BCUT2D eigenvalue weighted by Gasteiger charge is 2.25. The van der Waals surface area contributed by atoms with Crippen molar-refractivity contribution in [3.05, 3.63) is 65.2 Å². The van der Waals surface area contributed by atoms with Crippen molar-refractivity contribution in [2.45, 2.75) is 11.7 Å². The van der Waals surface area contributed by atoms with Crippen LogP contribution in [0, 0.1) is 5.92 Å². The van der Waals surface area contributed by atoms with E-state index in [0.29, 0.717) is 46.2 Å². The number of benzene rings is 2. The number of rotatable bonds is 14. The standard InChI is InChI=1S/C29H32ClN5O4S/c30-24-13-25-28(34-29(32-25)40-18-26(37)38)33-27(24)23-7-5-22(6-8-23)21-3-1-19(2-4-21)15-35-16-20(17-35)14-31-9-11-39-12-10-36/h1-8,13,20,31,36H,9-12,14-18H2,(H,37,38)(H,32,33,34). The number of aromatic nitrogens is 3. The van der Waals surface area contributed by atoms with Crippen LogP contribution in [0.4, 0.5) is 0 Å². The number of halogens is 1. The predicted molar refractivity (Wildman–Crippen MR) is 158 cm³/mol. The highest BCUT2D eigenvalue weighted by Crippen LogP contribution is 2.31. The van der Waals surface area contributed by atoms with Gasteiger partial charge in [-0.05, 0) is 28.7 Å². The van der Waals surface area contributed by atoms with Crippen LogP contribution >= 0.6 is 23.4 Å². The Morgan fingerprint density at radius 2 is 1.77 bits per heavy atom. The second-order valence-electron chi connectivity index (χ2n) is 9.79. The largest absolute Gasteiger partial charge is 0.481 e. The zero-order chi connectivity index (χ0) is 27.9. The van der Waals surface area contributed by atoms with Crippen molar-refractivity contribution in [1.82, 2.24) is 25.2 Å². The molecule has 0 atom stereocenters. The summed E-state index contributed by atoms with van der Waals surface area (Å²) in [6.45, 7) is 6.06. The summed E-state index contributed by atoms with van der Waals surface area (Å²) in [7, 11) is 0. The number of pyridine rings is 1. The van der Waals surface area contributed by atoms with Crippen molar-refractivity contribution in [2.24, 2.45) is 5.92 Å². The lowest BCUT2D eigenvalue weighted by Gasteiger charge is -2.39. The number of likely N-dealkylation sites (tertiary alicyclic amines) is 1. The van der Waals surface area contributed by atoms with E-state index in [4.69, 9.17) is 26.6 Å². The molecule has 0 aliphatic carbocycles. The fraction of sp³-hybridized carbons (Fsp3) is 0.345. The Kier molecular flexibility index (Phi) is 9.69. The van der Waals surface area contributed by atoms with Crippen molar-refractivity contribution in [3.8, 4) is 22.4 Å². The lowest BCUT2D eigenvalue weighted by atomic mass is 9.98. The van der Waals surface area contributed by atoms with Crippen LogP contribution in [0.1, 0.15) is 5.56 Å². The fourth-order valence-corrected chi connectivity index (χ4v) is 5.58. The van der Waals surface area contributed by atoms with E-state index in [0.717, 1.165) is 61.2 Å². The molecule has 2 aromatic carbocycles. The number of nitrogens with one attached hydrogen (secondary N) is 2. The van der Waals surface area contributed by atoms with Crippen molar-refractivity contribution in [1.29, 1.82) is 0 Å². The molecule has 4 N–H and O–H groups in total. The number of carbonyl (C=O) groups is 1. The van der Waals surface area contributed by atoms with Gasteiger partial charge in [0.05, 0.1) is 41.8 Å². The first-order chi connectivity index (χ1) is 19.5. The van der Waals surface area contributed by atoms with Crippen LogP contribution in [0.3, 0.4) is 0 Å². The van der Waals surface area contributed by atoms with Crippen LogP contribution in [0.5, 0.6) is 0 Å². The van der Waals surface area contributed by atoms with Gasteiger partial charge in [-0.25, -0.2) is 9.97 Å². The molecular weight excluding hydrogens is 550 g/mol. The fourth-order valence-electron chi connectivity index (χ4n) is 4.73. The van der Waals surface area contributed by atoms with Gasteiger partial charge >= 0.3 is 5.97 Å². The Labute approximate surface area is 241 Å². The normalized spacial score (nSPS) is 14.1. The smallest absolute Gasteiger partial charge is 0.313 e. The van der Waals surface area contributed by atoms with Gasteiger partial charge in [0.15, 0.2) is 10.8 Å². The van der Waals surface area contributed by atoms with Crippen molar-refractivity contribution in [3.63, 3.8) is 0 Å². The molecule has 0 bridgehead atoms. The van der Waals surface area contributed by atoms with Gasteiger partial charge in [-0.15, -0.1) is 0 Å². The molecule has 1 aliphatic rings. The van der Waals surface area contributed by atoms with Gasteiger partial charge in [0, 0.05) is 38.3 Å². The number of nitrogens with zero attached hydrogens (tertiary/aromatic N) is 3. The third-order valence-electron chi connectivity index (χ3n) is 6.71. The molecule has 1 fully saturated rings. The number of ether oxygens (including phenoxy) is 1. The zero-order valence-corrected chi connectivity index (χ0v) is 23.5. The number of aromatic amines is 1. The number of H-pyrrole nitrogens is 1. The molecule has 210 valence electrons. The minimum Gasteiger partial charge on any atom is -0.481 e. The van der Waals surface area contributed by atoms with E-state index in [1.54, 1.807) is 6.07 Å². The van der Waals surface area contributed by atoms with Gasteiger partial charge in [0.1, 0.15) is 0 Å². The van der Waals surface area contributed by atoms with Gasteiger partial charge < -0.3 is 25.3 Å². The molecule has 1 aliphatic heterocycles. The molecule has 0 saturated carbocycles. The molecule has 11 heteroatoms. The second-order valence-corrected chi connectivity index (χ2v) is 11.2. The zero-order valence-electron chi connectivity index (χ0n) is 22.0. The summed E-state index contributed by atoms with van der Waals surface area (Å²) in [6, 6.07) is 18.6. The van der Waals surface area contributed by atoms with Gasteiger partial charge in [-0.2, -0.15) is 0 Å². The number of hydrogen-bond donors (Lipinski definition) is 4. The van der Waals surface area contributed by atoms with Crippen molar-refractivity contribution >= 4 is 40.5 Å². The van der Waals surface area contributed by atoms with Gasteiger partial charge in [0.2, 0.25) is 0 Å². The van der Waals surface area contributed by atoms with Crippen LogP contribution in [-0.2, 0) is 16.1 Å². The van der Waals surface area contributed by atoms with Crippen LogP contribution in [0.2, 0.25) is 5.02 Å². The molecule has 3 heterocycles. The summed E-state index contributed by atoms with van der Waals surface area (Å²) in [5, 5.41) is 22.0. The molecule has 0 radical (unpaired) electrons. The van der Waals surface area contributed by atoms with Gasteiger partial charge in [-0.3, -0.25) is 9.69 Å². The Hall–Kier alpha value is -2.99. The summed E-state index contributed by atoms with van der Waals surface area (Å²) in [4.78, 5) is 25.4. The number of carboxylic acids is 1. The number of aliphatic hydroxyl groups excluding tert-OH is 1. The molecule has 4 aromatic rings. The Bertz CT molecular complexity index is 1430. The van der Waals surface area contributed by atoms with E-state index < -0.39 is 5.97 Å². The van der Waals surface area contributed by atoms with E-state index in [2.05, 4.69) is 61.6 Å². The first-order valence-electron chi connectivity index (χ1n) is 13.2. The van der Waals surface area contributed by atoms with E-state index in [-0.39, 0.29) is 12.4 Å². The van der Waals surface area contributed by atoms with E-state index in [1.165, 1.54) is 5.56 Å². The summed E-state index contributed by atoms with van der Waals surface area (Å²) in [5.41, 5.74) is 6.24. The Morgan fingerprint density at radius 1 is 1.07 bits per heavy atom. The maximum Gasteiger partial charge on any atom is 0.313 e. The number of hydrogen-bond acceptors (Lipinski definition) is 8. The molecule has 5 rings (SSSR count). The highest BCUT2D eigenvalue weighted by molar-refractivity contribution is 7.99. The molecule has 9 nitrogen and oxygen atoms in total. The molecule has 40 heavy (non-hydrogen) atoms. The van der Waals surface area contributed by atoms with Gasteiger partial charge in [0.25, 0.3) is 0 Å². The van der Waals surface area contributed by atoms with Gasteiger partial charge in [-0.1, -0.05) is 71.9 Å². The molecule has 0 spiro atoms. The van der Waals surface area contributed by atoms with Crippen LogP contribution in [0.15, 0.2) is 59.8 Å². The summed E-state index contributed by atoms with van der Waals surface area (Å²) >= 11 is 7.64. The van der Waals surface area contributed by atoms with E-state index in [1.807, 2.05) is 12.1 Å². The average Bonchev–Trinajstić information content (AvgIpc) is 3.34. The van der Waals surface area contributed by atoms with Crippen molar-refractivity contribution < 1.29 is 19.7 Å². The second kappa shape index (κ2) is 13.6. The maximum absolute atomic E-state index is 10.8.